The summed E-state index contributed by atoms with van der Waals surface area (Å²) in [6, 6.07) is 16.4. The third-order valence-corrected chi connectivity index (χ3v) is 7.82. The van der Waals surface area contributed by atoms with E-state index in [-0.39, 0.29) is 16.1 Å². The average Bonchev–Trinajstić information content (AvgIpc) is 3.38. The van der Waals surface area contributed by atoms with Crippen LogP contribution in [-0.2, 0) is 14.3 Å². The Morgan fingerprint density at radius 1 is 0.806 bits per heavy atom. The number of anilines is 1. The number of Topliss-reactive ketones (excluding diaryl/α,β-unsaturated/α-hetero) is 2. The zero-order valence-corrected chi connectivity index (χ0v) is 20.8. The Kier molecular flexibility index (Phi) is 5.03. The van der Waals surface area contributed by atoms with Crippen LogP contribution in [0.3, 0.4) is 0 Å². The molecule has 3 atom stereocenters. The number of carbonyl (C=O) groups excluding carboxylic acids is 4. The molecule has 1 aliphatic carbocycles. The molecule has 1 spiro atoms. The van der Waals surface area contributed by atoms with E-state index in [1.54, 1.807) is 36.4 Å². The highest BCUT2D eigenvalue weighted by Gasteiger charge is 2.74. The molecule has 6 rings (SSSR count). The van der Waals surface area contributed by atoms with Crippen LogP contribution in [0.2, 0.25) is 10.0 Å². The lowest BCUT2D eigenvalue weighted by molar-refractivity contribution is -0.127. The highest BCUT2D eigenvalue weighted by molar-refractivity contribution is 6.37. The molecule has 2 fully saturated rings. The number of imide groups is 1. The molecule has 0 radical (unpaired) electrons. The fourth-order valence-electron chi connectivity index (χ4n) is 5.87. The number of nitrogens with zero attached hydrogens (tertiary/aromatic N) is 1. The fourth-order valence-corrected chi connectivity index (χ4v) is 6.38. The Labute approximate surface area is 216 Å². The number of amides is 2. The quantitative estimate of drug-likeness (QED) is 0.338. The van der Waals surface area contributed by atoms with Crippen molar-refractivity contribution in [2.45, 2.75) is 25.6 Å². The first-order valence-corrected chi connectivity index (χ1v) is 12.2. The molecule has 2 heterocycles. The van der Waals surface area contributed by atoms with Gasteiger partial charge in [0.25, 0.3) is 0 Å². The topological polar surface area (TPSA) is 80.8 Å². The first-order valence-electron chi connectivity index (χ1n) is 11.4. The van der Waals surface area contributed by atoms with Gasteiger partial charge in [-0.3, -0.25) is 19.2 Å². The highest BCUT2D eigenvalue weighted by Crippen LogP contribution is 2.58. The maximum absolute atomic E-state index is 14.0. The molecule has 0 unspecified atom stereocenters. The number of hydrogen-bond acceptors (Lipinski definition) is 5. The molecule has 36 heavy (non-hydrogen) atoms. The monoisotopic (exact) mass is 519 g/mol. The normalized spacial score (nSPS) is 24.1. The van der Waals surface area contributed by atoms with Crippen LogP contribution in [0.5, 0.6) is 0 Å². The molecular formula is C28H19Cl2NO5. The average molecular weight is 520 g/mol. The summed E-state index contributed by atoms with van der Waals surface area (Å²) < 4.78 is 6.27. The van der Waals surface area contributed by atoms with Crippen LogP contribution in [0.25, 0.3) is 0 Å². The zero-order valence-electron chi connectivity index (χ0n) is 19.2. The molecule has 2 aliphatic heterocycles. The minimum atomic E-state index is -2.15. The van der Waals surface area contributed by atoms with E-state index in [1.165, 1.54) is 18.2 Å². The Hall–Kier alpha value is -3.32. The molecule has 0 saturated carbocycles. The number of halogens is 2. The lowest BCUT2D eigenvalue weighted by Crippen LogP contribution is -2.51. The molecule has 0 N–H and O–H groups in total. The molecule has 8 heteroatoms. The van der Waals surface area contributed by atoms with Gasteiger partial charge in [0.05, 0.1) is 23.6 Å². The molecular weight excluding hydrogens is 501 g/mol. The summed E-state index contributed by atoms with van der Waals surface area (Å²) in [5, 5.41) is 0.586. The smallest absolute Gasteiger partial charge is 0.241 e. The maximum atomic E-state index is 14.0. The number of carbonyl (C=O) groups is 4. The van der Waals surface area contributed by atoms with Crippen LogP contribution in [-0.4, -0.2) is 29.0 Å². The van der Waals surface area contributed by atoms with Gasteiger partial charge >= 0.3 is 0 Å². The Bertz CT molecular complexity index is 1470. The number of ether oxygens (including phenoxy) is 1. The molecule has 6 nitrogen and oxygen atoms in total. The first kappa shape index (κ1) is 23.1. The van der Waals surface area contributed by atoms with Gasteiger partial charge in [0, 0.05) is 26.7 Å². The van der Waals surface area contributed by atoms with Crippen molar-refractivity contribution in [1.29, 1.82) is 0 Å². The van der Waals surface area contributed by atoms with Gasteiger partial charge in [-0.2, -0.15) is 0 Å². The van der Waals surface area contributed by atoms with Crippen molar-refractivity contribution in [2.75, 3.05) is 4.90 Å². The SMILES string of the molecule is Cc1cc(C)cc(N2C(=O)[C@@H]3[C@H](c4ccc(Cl)cc4Cl)OC4(C(=O)c5ccccc5C4=O)[C@H]3C2=O)c1. The third kappa shape index (κ3) is 2.95. The summed E-state index contributed by atoms with van der Waals surface area (Å²) in [5.74, 6) is -4.88. The van der Waals surface area contributed by atoms with Gasteiger partial charge in [-0.15, -0.1) is 0 Å². The number of fused-ring (bicyclic) bond motifs is 3. The first-order chi connectivity index (χ1) is 17.1. The van der Waals surface area contributed by atoms with Crippen LogP contribution >= 0.6 is 23.2 Å². The number of aryl methyl sites for hydroxylation is 2. The molecule has 2 amide bonds. The van der Waals surface area contributed by atoms with E-state index in [2.05, 4.69) is 0 Å². The van der Waals surface area contributed by atoms with Crippen LogP contribution in [0, 0.1) is 25.7 Å². The Balaban J connectivity index is 1.57. The van der Waals surface area contributed by atoms with Gasteiger partial charge in [-0.05, 0) is 49.2 Å². The third-order valence-electron chi connectivity index (χ3n) is 7.25. The van der Waals surface area contributed by atoms with E-state index in [9.17, 15) is 19.2 Å². The minimum absolute atomic E-state index is 0.175. The maximum Gasteiger partial charge on any atom is 0.241 e. The summed E-state index contributed by atoms with van der Waals surface area (Å²) >= 11 is 12.6. The van der Waals surface area contributed by atoms with E-state index in [1.807, 2.05) is 19.9 Å². The Morgan fingerprint density at radius 2 is 1.42 bits per heavy atom. The van der Waals surface area contributed by atoms with E-state index >= 15 is 0 Å². The van der Waals surface area contributed by atoms with Gasteiger partial charge in [0.2, 0.25) is 29.0 Å². The van der Waals surface area contributed by atoms with Gasteiger partial charge < -0.3 is 4.74 Å². The lowest BCUT2D eigenvalue weighted by atomic mass is 9.77. The van der Waals surface area contributed by atoms with Crippen LogP contribution in [0.1, 0.15) is 43.5 Å². The predicted molar refractivity (Wildman–Crippen MR) is 134 cm³/mol. The summed E-state index contributed by atoms with van der Waals surface area (Å²) in [5.41, 5.74) is 0.708. The number of ketones is 2. The molecule has 0 bridgehead atoms. The summed E-state index contributed by atoms with van der Waals surface area (Å²) in [6.07, 6.45) is -1.10. The van der Waals surface area contributed by atoms with E-state index in [0.29, 0.717) is 16.3 Å². The van der Waals surface area contributed by atoms with Crippen molar-refractivity contribution < 1.29 is 23.9 Å². The molecule has 180 valence electrons. The number of rotatable bonds is 2. The summed E-state index contributed by atoms with van der Waals surface area (Å²) in [4.78, 5) is 56.7. The molecule has 0 aromatic heterocycles. The number of hydrogen-bond donors (Lipinski definition) is 0. The zero-order chi connectivity index (χ0) is 25.5. The summed E-state index contributed by atoms with van der Waals surface area (Å²) in [6.45, 7) is 3.73. The van der Waals surface area contributed by atoms with Crippen molar-refractivity contribution in [1.82, 2.24) is 0 Å². The van der Waals surface area contributed by atoms with Crippen LogP contribution < -0.4 is 4.90 Å². The second-order valence-electron chi connectivity index (χ2n) is 9.51. The van der Waals surface area contributed by atoms with Crippen molar-refractivity contribution in [3.63, 3.8) is 0 Å². The van der Waals surface area contributed by atoms with Crippen molar-refractivity contribution in [2.24, 2.45) is 11.8 Å². The van der Waals surface area contributed by atoms with Gasteiger partial charge in [-0.25, -0.2) is 4.90 Å². The van der Waals surface area contributed by atoms with Crippen LogP contribution in [0.15, 0.2) is 60.7 Å². The van der Waals surface area contributed by atoms with Crippen LogP contribution in [0.4, 0.5) is 5.69 Å². The highest BCUT2D eigenvalue weighted by atomic mass is 35.5. The second kappa shape index (κ2) is 7.84. The molecule has 3 aromatic carbocycles. The molecule has 2 saturated heterocycles. The predicted octanol–water partition coefficient (Wildman–Crippen LogP) is 5.31. The van der Waals surface area contributed by atoms with Gasteiger partial charge in [0.15, 0.2) is 0 Å². The Morgan fingerprint density at radius 3 is 2.00 bits per heavy atom. The van der Waals surface area contributed by atoms with Crippen molar-refractivity contribution in [3.05, 3.63) is 98.5 Å². The lowest BCUT2D eigenvalue weighted by Gasteiger charge is -2.27. The molecule has 3 aromatic rings. The van der Waals surface area contributed by atoms with Gasteiger partial charge in [0.1, 0.15) is 0 Å². The minimum Gasteiger partial charge on any atom is -0.349 e. The van der Waals surface area contributed by atoms with Gasteiger partial charge in [-0.1, -0.05) is 59.6 Å². The van der Waals surface area contributed by atoms with Crippen molar-refractivity contribution >= 4 is 52.3 Å². The van der Waals surface area contributed by atoms with E-state index in [4.69, 9.17) is 27.9 Å². The second-order valence-corrected chi connectivity index (χ2v) is 10.3. The number of benzene rings is 3. The largest absolute Gasteiger partial charge is 0.349 e. The van der Waals surface area contributed by atoms with Crippen molar-refractivity contribution in [3.8, 4) is 0 Å². The summed E-state index contributed by atoms with van der Waals surface area (Å²) in [7, 11) is 0. The van der Waals surface area contributed by atoms with E-state index in [0.717, 1.165) is 16.0 Å². The standard InChI is InChI=1S/C28H19Cl2NO5/c1-13-9-14(2)11-16(10-13)31-26(34)21-22(27(31)35)28(24(32)17-5-3-4-6-18(17)25(28)33)36-23(21)19-8-7-15(29)12-20(19)30/h3-12,21-23H,1-2H3/t21-,22+,23-/m0/s1. The fraction of sp³-hybridized carbons (Fsp3) is 0.214. The molecule has 3 aliphatic rings. The van der Waals surface area contributed by atoms with E-state index < -0.39 is 46.9 Å².